The summed E-state index contributed by atoms with van der Waals surface area (Å²) in [5, 5.41) is 29.6. The molecule has 22 heteroatoms. The van der Waals surface area contributed by atoms with Crippen LogP contribution in [0.4, 0.5) is 26.3 Å². The van der Waals surface area contributed by atoms with Gasteiger partial charge in [0.2, 0.25) is 10.0 Å². The second-order valence-corrected chi connectivity index (χ2v) is 14.3. The molecule has 0 bridgehead atoms. The number of aliphatic hydroxyl groups is 2. The van der Waals surface area contributed by atoms with E-state index < -0.39 is 65.0 Å². The van der Waals surface area contributed by atoms with Gasteiger partial charge < -0.3 is 27.1 Å². The van der Waals surface area contributed by atoms with Gasteiger partial charge in [0.1, 0.15) is 0 Å². The SMILES string of the molecule is O=CO[O-].O=S(=O)(Cl)c1ccccc1C(F)(F)F.O=S(=O)(c1ccccc1C(F)(F)F)N1CCCCC1CO.OCC1CCCCN1.[H-].[K+].[K+]. The van der Waals surface area contributed by atoms with E-state index in [1.165, 1.54) is 25.0 Å². The van der Waals surface area contributed by atoms with Gasteiger partial charge in [-0.25, -0.2) is 16.8 Å². The maximum absolute atomic E-state index is 13.0. The van der Waals surface area contributed by atoms with E-state index >= 15 is 0 Å². The molecule has 49 heavy (non-hydrogen) atoms. The summed E-state index contributed by atoms with van der Waals surface area (Å²) in [6, 6.07) is 7.60. The Kier molecular flexibility index (Phi) is 26.4. The van der Waals surface area contributed by atoms with Crippen LogP contribution in [0.5, 0.6) is 0 Å². The molecule has 2 aromatic carbocycles. The normalized spacial score (nSPS) is 18.2. The first-order valence-corrected chi connectivity index (χ1v) is 17.6. The molecule has 0 amide bonds. The van der Waals surface area contributed by atoms with Gasteiger partial charge >= 0.3 is 115 Å². The molecule has 2 saturated heterocycles. The third-order valence-electron chi connectivity index (χ3n) is 6.69. The van der Waals surface area contributed by atoms with Crippen molar-refractivity contribution in [1.29, 1.82) is 0 Å². The van der Waals surface area contributed by atoms with Crippen LogP contribution in [0.2, 0.25) is 0 Å². The van der Waals surface area contributed by atoms with E-state index in [4.69, 9.17) is 25.8 Å². The van der Waals surface area contributed by atoms with Crippen LogP contribution in [-0.4, -0.2) is 76.2 Å². The number of aliphatic hydroxyl groups excluding tert-OH is 2. The van der Waals surface area contributed by atoms with Gasteiger partial charge in [-0.05, 0) is 56.5 Å². The summed E-state index contributed by atoms with van der Waals surface area (Å²) in [7, 11) is -3.81. The number of nitrogens with zero attached hydrogens (tertiary/aromatic N) is 1. The summed E-state index contributed by atoms with van der Waals surface area (Å²) in [4.78, 5) is 9.58. The van der Waals surface area contributed by atoms with Crippen molar-refractivity contribution in [2.45, 2.75) is 72.8 Å². The average molecular weight is 823 g/mol. The van der Waals surface area contributed by atoms with E-state index in [2.05, 4.69) is 10.2 Å². The van der Waals surface area contributed by atoms with Gasteiger partial charge in [0.05, 0.1) is 34.1 Å². The molecule has 11 nitrogen and oxygen atoms in total. The molecule has 0 radical (unpaired) electrons. The first-order valence-electron chi connectivity index (χ1n) is 13.8. The van der Waals surface area contributed by atoms with E-state index in [0.29, 0.717) is 31.6 Å². The van der Waals surface area contributed by atoms with Gasteiger partial charge in [-0.3, -0.25) is 4.79 Å². The van der Waals surface area contributed by atoms with Crippen LogP contribution in [-0.2, 0) is 41.1 Å². The number of hydrogen-bond donors (Lipinski definition) is 3. The van der Waals surface area contributed by atoms with Crippen molar-refractivity contribution in [3.05, 3.63) is 59.7 Å². The molecule has 2 aliphatic rings. The maximum Gasteiger partial charge on any atom is 1.00 e. The van der Waals surface area contributed by atoms with Gasteiger partial charge in [-0.15, -0.1) is 0 Å². The first kappa shape index (κ1) is 51.9. The number of piperidine rings is 2. The van der Waals surface area contributed by atoms with E-state index in [1.54, 1.807) is 0 Å². The Bertz CT molecular complexity index is 1480. The third kappa shape index (κ3) is 18.1. The van der Waals surface area contributed by atoms with Crippen molar-refractivity contribution in [3.8, 4) is 0 Å². The minimum Gasteiger partial charge on any atom is -1.00 e. The second kappa shape index (κ2) is 24.9. The number of benzene rings is 2. The number of nitrogens with one attached hydrogen (secondary N) is 1. The smallest absolute Gasteiger partial charge is 1.00 e. The Morgan fingerprint density at radius 2 is 1.33 bits per heavy atom. The Labute approximate surface area is 371 Å². The van der Waals surface area contributed by atoms with Crippen molar-refractivity contribution >= 4 is 36.2 Å². The molecule has 0 aromatic heterocycles. The van der Waals surface area contributed by atoms with Crippen molar-refractivity contribution < 1.29 is 173 Å². The Morgan fingerprint density at radius 3 is 1.69 bits per heavy atom. The fourth-order valence-electron chi connectivity index (χ4n) is 4.52. The quantitative estimate of drug-likeness (QED) is 0.0710. The van der Waals surface area contributed by atoms with Crippen molar-refractivity contribution in [1.82, 2.24) is 9.62 Å². The molecule has 270 valence electrons. The number of carbonyl (C=O) groups is 1. The third-order valence-corrected chi connectivity index (χ3v) is 10.1. The summed E-state index contributed by atoms with van der Waals surface area (Å²) in [6.45, 7) is 0.943. The van der Waals surface area contributed by atoms with E-state index in [9.17, 15) is 48.3 Å². The Balaban J connectivity index is -0.000000660. The molecule has 0 spiro atoms. The van der Waals surface area contributed by atoms with Gasteiger partial charge in [0, 0.05) is 29.3 Å². The predicted octanol–water partition coefficient (Wildman–Crippen LogP) is -2.45. The average Bonchev–Trinajstić information content (AvgIpc) is 3.04. The molecule has 2 unspecified atom stereocenters. The predicted molar refractivity (Wildman–Crippen MR) is 156 cm³/mol. The molecule has 0 saturated carbocycles. The molecule has 2 atom stereocenters. The number of alkyl halides is 6. The summed E-state index contributed by atoms with van der Waals surface area (Å²) in [6.07, 6.45) is -4.00. The first-order chi connectivity index (χ1) is 21.9. The zero-order valence-electron chi connectivity index (χ0n) is 27.6. The minimum atomic E-state index is -4.74. The van der Waals surface area contributed by atoms with Crippen LogP contribution < -0.4 is 113 Å². The standard InChI is InChI=1S/C13H16F3NO3S.C7H4ClF3O2S.C6H13NO.CH2O3.2K.H/c14-13(15,16)11-6-1-2-7-12(11)21(19,20)17-8-4-3-5-10(17)9-18;8-14(12,13)6-4-2-1-3-5(6)7(9,10)11;8-5-6-3-1-2-4-7-6;2-1-4-3;;;/h1-2,6-7,10,18H,3-5,8-9H2;1-4H;6-8H,1-5H2;1,3H;;;/q;;;;2*+1;-1/p-1. The monoisotopic (exact) mass is 822 g/mol. The van der Waals surface area contributed by atoms with Crippen molar-refractivity contribution in [2.24, 2.45) is 0 Å². The molecule has 2 aromatic rings. The number of sulfonamides is 1. The Hall–Kier alpha value is 0.753. The van der Waals surface area contributed by atoms with Gasteiger partial charge in [-0.2, -0.15) is 30.6 Å². The van der Waals surface area contributed by atoms with Crippen molar-refractivity contribution in [2.75, 3.05) is 26.3 Å². The minimum absolute atomic E-state index is 0. The Morgan fingerprint density at radius 1 is 0.857 bits per heavy atom. The summed E-state index contributed by atoms with van der Waals surface area (Å²) in [5.41, 5.74) is -2.43. The number of rotatable bonds is 6. The maximum atomic E-state index is 13.0. The van der Waals surface area contributed by atoms with Gasteiger partial charge in [-0.1, -0.05) is 37.1 Å². The van der Waals surface area contributed by atoms with Crippen LogP contribution in [0.25, 0.3) is 0 Å². The van der Waals surface area contributed by atoms with E-state index in [-0.39, 0.29) is 117 Å². The zero-order chi connectivity index (χ0) is 35.9. The van der Waals surface area contributed by atoms with E-state index in [0.717, 1.165) is 54.0 Å². The fourth-order valence-corrected chi connectivity index (χ4v) is 7.51. The second-order valence-electron chi connectivity index (χ2n) is 9.90. The summed E-state index contributed by atoms with van der Waals surface area (Å²) < 4.78 is 123. The van der Waals surface area contributed by atoms with Crippen LogP contribution >= 0.6 is 10.7 Å². The number of halogens is 7. The molecule has 3 N–H and O–H groups in total. The van der Waals surface area contributed by atoms with Gasteiger partial charge in [0.25, 0.3) is 15.5 Å². The molecule has 4 rings (SSSR count). The molecule has 0 aliphatic carbocycles. The molecule has 2 heterocycles. The molecular weight excluding hydrogens is 788 g/mol. The molecular formula is C27H35ClF6K2N2O9S2. The van der Waals surface area contributed by atoms with E-state index in [1.807, 2.05) is 0 Å². The number of carbonyl (C=O) groups excluding carboxylic acids is 1. The summed E-state index contributed by atoms with van der Waals surface area (Å²) >= 11 is 0. The fraction of sp³-hybridized carbons (Fsp3) is 0.519. The van der Waals surface area contributed by atoms with Crippen molar-refractivity contribution in [3.63, 3.8) is 0 Å². The summed E-state index contributed by atoms with van der Waals surface area (Å²) in [5.74, 6) is 0. The van der Waals surface area contributed by atoms with Crippen LogP contribution in [0.3, 0.4) is 0 Å². The largest absolute Gasteiger partial charge is 1.00 e. The zero-order valence-corrected chi connectivity index (χ0v) is 35.2. The van der Waals surface area contributed by atoms with Gasteiger partial charge in [0.15, 0.2) is 0 Å². The van der Waals surface area contributed by atoms with Crippen LogP contribution in [0.1, 0.15) is 51.1 Å². The molecule has 2 aliphatic heterocycles. The topological polar surface area (TPSA) is 173 Å². The number of hydrogen-bond acceptors (Lipinski definition) is 10. The van der Waals surface area contributed by atoms with Crippen LogP contribution in [0, 0.1) is 0 Å². The van der Waals surface area contributed by atoms with Crippen LogP contribution in [0.15, 0.2) is 58.3 Å². The molecule has 2 fully saturated rings.